The zero-order chi connectivity index (χ0) is 22.8. The largest absolute Gasteiger partial charge is 0.488 e. The number of amides is 1. The second kappa shape index (κ2) is 9.27. The van der Waals surface area contributed by atoms with Crippen LogP contribution in [-0.2, 0) is 12.8 Å². The molecule has 1 atom stereocenters. The van der Waals surface area contributed by atoms with E-state index in [9.17, 15) is 9.18 Å². The molecule has 0 bridgehead atoms. The number of halogens is 3. The Morgan fingerprint density at radius 1 is 1.16 bits per heavy atom. The van der Waals surface area contributed by atoms with E-state index in [-0.39, 0.29) is 46.6 Å². The number of aliphatic hydroxyl groups is 1. The third-order valence-corrected chi connectivity index (χ3v) is 6.15. The summed E-state index contributed by atoms with van der Waals surface area (Å²) in [5.41, 5.74) is 2.64. The van der Waals surface area contributed by atoms with Crippen LogP contribution in [0.4, 0.5) is 8.78 Å². The number of fused-ring (bicyclic) bond motifs is 1. The third-order valence-electron chi connectivity index (χ3n) is 5.78. The molecule has 2 N–H and O–H groups in total. The Labute approximate surface area is 189 Å². The van der Waals surface area contributed by atoms with Gasteiger partial charge in [-0.25, -0.2) is 8.78 Å². The van der Waals surface area contributed by atoms with Gasteiger partial charge in [-0.2, -0.15) is 0 Å². The summed E-state index contributed by atoms with van der Waals surface area (Å²) in [5.74, 6) is -2.08. The average Bonchev–Trinajstić information content (AvgIpc) is 3.23. The average molecular weight is 458 g/mol. The summed E-state index contributed by atoms with van der Waals surface area (Å²) in [6, 6.07) is 14.0. The Morgan fingerprint density at radius 3 is 2.59 bits per heavy atom. The Balaban J connectivity index is 1.92. The molecule has 0 saturated heterocycles. The van der Waals surface area contributed by atoms with Crippen molar-refractivity contribution in [2.75, 3.05) is 20.3 Å². The molecule has 0 aliphatic heterocycles. The zero-order valence-electron chi connectivity index (χ0n) is 17.4. The van der Waals surface area contributed by atoms with Gasteiger partial charge in [-0.05, 0) is 53.6 Å². The smallest absolute Gasteiger partial charge is 0.251 e. The maximum atomic E-state index is 15.7. The monoisotopic (exact) mass is 457 g/mol. The van der Waals surface area contributed by atoms with Gasteiger partial charge >= 0.3 is 0 Å². The van der Waals surface area contributed by atoms with Crippen LogP contribution in [0.1, 0.15) is 33.0 Å². The van der Waals surface area contributed by atoms with Crippen molar-refractivity contribution < 1.29 is 23.4 Å². The fourth-order valence-electron chi connectivity index (χ4n) is 4.33. The molecule has 32 heavy (non-hydrogen) atoms. The van der Waals surface area contributed by atoms with E-state index >= 15 is 4.39 Å². The maximum absolute atomic E-state index is 15.7. The molecule has 4 rings (SSSR count). The Morgan fingerprint density at radius 2 is 1.91 bits per heavy atom. The number of nitrogens with one attached hydrogen (secondary N) is 1. The standard InChI is InChI=1S/C25H22ClF2NO3/c1-29-25(31)17-7-8-20(32-10-9-30)24(28)22(17)21-18-12-15(14-5-3-2-4-6-14)11-16(18)13-19(27)23(21)26/h2-8,13,15,30H,9-12H2,1H3,(H,29,31). The van der Waals surface area contributed by atoms with Crippen LogP contribution in [0.15, 0.2) is 48.5 Å². The van der Waals surface area contributed by atoms with E-state index in [0.717, 1.165) is 11.1 Å². The summed E-state index contributed by atoms with van der Waals surface area (Å²) in [6.45, 7) is -0.429. The van der Waals surface area contributed by atoms with E-state index in [1.54, 1.807) is 0 Å². The van der Waals surface area contributed by atoms with Gasteiger partial charge in [0.05, 0.1) is 17.2 Å². The van der Waals surface area contributed by atoms with Crippen molar-refractivity contribution in [1.82, 2.24) is 5.32 Å². The number of hydrogen-bond acceptors (Lipinski definition) is 3. The first-order chi connectivity index (χ1) is 15.5. The summed E-state index contributed by atoms with van der Waals surface area (Å²) >= 11 is 6.40. The van der Waals surface area contributed by atoms with Crippen LogP contribution in [0.3, 0.4) is 0 Å². The van der Waals surface area contributed by atoms with E-state index in [2.05, 4.69) is 5.32 Å². The topological polar surface area (TPSA) is 58.6 Å². The van der Waals surface area contributed by atoms with Crippen molar-refractivity contribution in [3.05, 3.63) is 87.4 Å². The van der Waals surface area contributed by atoms with Crippen LogP contribution < -0.4 is 10.1 Å². The molecule has 0 spiro atoms. The SMILES string of the molecule is CNC(=O)c1ccc(OCCO)c(F)c1-c1c(Cl)c(F)cc2c1CC(c1ccccc1)C2. The number of carbonyl (C=O) groups excluding carboxylic acids is 1. The summed E-state index contributed by atoms with van der Waals surface area (Å²) in [6.07, 6.45) is 1.11. The predicted octanol–water partition coefficient (Wildman–Crippen LogP) is 4.90. The minimum absolute atomic E-state index is 0.0270. The molecule has 0 saturated carbocycles. The highest BCUT2D eigenvalue weighted by molar-refractivity contribution is 6.34. The Hall–Kier alpha value is -2.96. The lowest BCUT2D eigenvalue weighted by Crippen LogP contribution is -2.20. The molecule has 1 aliphatic rings. The molecule has 7 heteroatoms. The van der Waals surface area contributed by atoms with E-state index in [1.807, 2.05) is 30.3 Å². The molecule has 3 aromatic carbocycles. The fourth-order valence-corrected chi connectivity index (χ4v) is 4.59. The lowest BCUT2D eigenvalue weighted by molar-refractivity contribution is 0.0963. The molecule has 4 nitrogen and oxygen atoms in total. The molecular formula is C25H22ClF2NO3. The molecule has 0 fully saturated rings. The number of aliphatic hydroxyl groups excluding tert-OH is 1. The minimum Gasteiger partial charge on any atom is -0.488 e. The summed E-state index contributed by atoms with van der Waals surface area (Å²) in [7, 11) is 1.43. The van der Waals surface area contributed by atoms with Gasteiger partial charge in [0.25, 0.3) is 5.91 Å². The van der Waals surface area contributed by atoms with E-state index in [0.29, 0.717) is 18.4 Å². The molecule has 3 aromatic rings. The number of hydrogen-bond donors (Lipinski definition) is 2. The van der Waals surface area contributed by atoms with Crippen molar-refractivity contribution >= 4 is 17.5 Å². The Bertz CT molecular complexity index is 1170. The molecule has 1 aliphatic carbocycles. The normalized spacial score (nSPS) is 14.8. The number of ether oxygens (including phenoxy) is 1. The van der Waals surface area contributed by atoms with Crippen molar-refractivity contribution in [3.8, 4) is 16.9 Å². The molecule has 1 amide bonds. The highest BCUT2D eigenvalue weighted by atomic mass is 35.5. The first kappa shape index (κ1) is 22.2. The van der Waals surface area contributed by atoms with Gasteiger partial charge in [-0.3, -0.25) is 4.79 Å². The highest BCUT2D eigenvalue weighted by Crippen LogP contribution is 2.46. The number of rotatable bonds is 6. The van der Waals surface area contributed by atoms with Crippen LogP contribution in [-0.4, -0.2) is 31.3 Å². The van der Waals surface area contributed by atoms with Gasteiger partial charge in [0.2, 0.25) is 0 Å². The van der Waals surface area contributed by atoms with Crippen molar-refractivity contribution in [3.63, 3.8) is 0 Å². The summed E-state index contributed by atoms with van der Waals surface area (Å²) in [4.78, 5) is 12.6. The van der Waals surface area contributed by atoms with Crippen LogP contribution in [0.25, 0.3) is 11.1 Å². The van der Waals surface area contributed by atoms with Crippen LogP contribution >= 0.6 is 11.6 Å². The lowest BCUT2D eigenvalue weighted by Gasteiger charge is -2.18. The molecule has 1 unspecified atom stereocenters. The third kappa shape index (κ3) is 3.96. The second-order valence-corrected chi connectivity index (χ2v) is 8.03. The Kier molecular flexibility index (Phi) is 6.44. The molecule has 0 aromatic heterocycles. The second-order valence-electron chi connectivity index (χ2n) is 7.65. The van der Waals surface area contributed by atoms with E-state index < -0.39 is 17.5 Å². The van der Waals surface area contributed by atoms with Gasteiger partial charge in [0, 0.05) is 18.2 Å². The predicted molar refractivity (Wildman–Crippen MR) is 119 cm³/mol. The van der Waals surface area contributed by atoms with Crippen molar-refractivity contribution in [2.24, 2.45) is 0 Å². The molecule has 166 valence electrons. The quantitative estimate of drug-likeness (QED) is 0.553. The van der Waals surface area contributed by atoms with Gasteiger partial charge in [-0.15, -0.1) is 0 Å². The van der Waals surface area contributed by atoms with Crippen LogP contribution in [0, 0.1) is 11.6 Å². The van der Waals surface area contributed by atoms with Crippen molar-refractivity contribution in [2.45, 2.75) is 18.8 Å². The van der Waals surface area contributed by atoms with Crippen molar-refractivity contribution in [1.29, 1.82) is 0 Å². The molecule has 0 heterocycles. The fraction of sp³-hybridized carbons (Fsp3) is 0.240. The first-order valence-corrected chi connectivity index (χ1v) is 10.7. The minimum atomic E-state index is -0.822. The first-order valence-electron chi connectivity index (χ1n) is 10.3. The maximum Gasteiger partial charge on any atom is 0.251 e. The van der Waals surface area contributed by atoms with Gasteiger partial charge in [-0.1, -0.05) is 41.9 Å². The number of benzene rings is 3. The zero-order valence-corrected chi connectivity index (χ0v) is 18.2. The van der Waals surface area contributed by atoms with Gasteiger partial charge < -0.3 is 15.2 Å². The van der Waals surface area contributed by atoms with Gasteiger partial charge in [0.1, 0.15) is 12.4 Å². The highest BCUT2D eigenvalue weighted by Gasteiger charge is 2.32. The lowest BCUT2D eigenvalue weighted by atomic mass is 9.91. The van der Waals surface area contributed by atoms with E-state index in [1.165, 1.54) is 25.2 Å². The molecular weight excluding hydrogens is 436 g/mol. The molecule has 0 radical (unpaired) electrons. The van der Waals surface area contributed by atoms with E-state index in [4.69, 9.17) is 21.4 Å². The van der Waals surface area contributed by atoms with Gasteiger partial charge in [0.15, 0.2) is 11.6 Å². The number of carbonyl (C=O) groups is 1. The summed E-state index contributed by atoms with van der Waals surface area (Å²) < 4.78 is 35.9. The summed E-state index contributed by atoms with van der Waals surface area (Å²) in [5, 5.41) is 11.3. The van der Waals surface area contributed by atoms with Crippen LogP contribution in [0.2, 0.25) is 5.02 Å². The van der Waals surface area contributed by atoms with Crippen LogP contribution in [0.5, 0.6) is 5.75 Å².